The second kappa shape index (κ2) is 4.12. The molecule has 1 fully saturated rings. The molecule has 0 spiro atoms. The number of nitrogens with zero attached hydrogens (tertiary/aromatic N) is 1. The van der Waals surface area contributed by atoms with Gasteiger partial charge in [0, 0.05) is 0 Å². The molecule has 1 heterocycles. The van der Waals surface area contributed by atoms with Crippen LogP contribution >= 0.6 is 0 Å². The van der Waals surface area contributed by atoms with Crippen molar-refractivity contribution in [3.8, 4) is 0 Å². The van der Waals surface area contributed by atoms with Crippen LogP contribution < -0.4 is 5.32 Å². The zero-order chi connectivity index (χ0) is 12.5. The van der Waals surface area contributed by atoms with Crippen molar-refractivity contribution in [2.24, 2.45) is 0 Å². The van der Waals surface area contributed by atoms with Gasteiger partial charge in [-0.3, -0.25) is 4.79 Å². The molecule has 1 aromatic heterocycles. The molecular formula is C11H11FN2O3. The van der Waals surface area contributed by atoms with E-state index in [1.807, 2.05) is 0 Å². The molecule has 0 atom stereocenters. The van der Waals surface area contributed by atoms with Crippen LogP contribution in [0.5, 0.6) is 0 Å². The molecule has 0 bridgehead atoms. The summed E-state index contributed by atoms with van der Waals surface area (Å²) in [6.45, 7) is 0. The van der Waals surface area contributed by atoms with E-state index in [-0.39, 0.29) is 5.69 Å². The van der Waals surface area contributed by atoms with Crippen LogP contribution in [-0.2, 0) is 4.79 Å². The Bertz CT molecular complexity index is 454. The third kappa shape index (κ3) is 2.11. The van der Waals surface area contributed by atoms with Crippen molar-refractivity contribution in [3.05, 3.63) is 29.8 Å². The fourth-order valence-electron chi connectivity index (χ4n) is 1.71. The van der Waals surface area contributed by atoms with Crippen molar-refractivity contribution in [2.75, 3.05) is 0 Å². The highest BCUT2D eigenvalue weighted by Crippen LogP contribution is 2.32. The quantitative estimate of drug-likeness (QED) is 0.821. The molecule has 0 aromatic carbocycles. The highest BCUT2D eigenvalue weighted by Gasteiger charge is 2.45. The lowest BCUT2D eigenvalue weighted by Crippen LogP contribution is -2.59. The summed E-state index contributed by atoms with van der Waals surface area (Å²) in [6.07, 6.45) is 2.51. The minimum atomic E-state index is -1.17. The number of carboxylic acids is 1. The highest BCUT2D eigenvalue weighted by atomic mass is 19.1. The van der Waals surface area contributed by atoms with Crippen LogP contribution in [0.25, 0.3) is 0 Å². The first-order valence-electron chi connectivity index (χ1n) is 5.21. The van der Waals surface area contributed by atoms with Gasteiger partial charge in [-0.05, 0) is 31.4 Å². The standard InChI is InChI=1S/C11H11FN2O3/c12-7-2-3-8(13-6-7)9(15)14-11(10(16)17)4-1-5-11/h2-3,6H,1,4-5H2,(H,14,15)(H,16,17). The number of hydrogen-bond acceptors (Lipinski definition) is 3. The van der Waals surface area contributed by atoms with Crippen molar-refractivity contribution < 1.29 is 19.1 Å². The number of nitrogens with one attached hydrogen (secondary N) is 1. The predicted octanol–water partition coefficient (Wildman–Crippen LogP) is 0.958. The van der Waals surface area contributed by atoms with Gasteiger partial charge in [0.2, 0.25) is 0 Å². The molecule has 0 unspecified atom stereocenters. The normalized spacial score (nSPS) is 17.0. The van der Waals surface area contributed by atoms with Crippen LogP contribution in [0.1, 0.15) is 29.8 Å². The first kappa shape index (κ1) is 11.5. The van der Waals surface area contributed by atoms with E-state index < -0.39 is 23.2 Å². The van der Waals surface area contributed by atoms with Crippen LogP contribution in [0.2, 0.25) is 0 Å². The second-order valence-corrected chi connectivity index (χ2v) is 4.06. The van der Waals surface area contributed by atoms with Crippen molar-refractivity contribution in [1.29, 1.82) is 0 Å². The lowest BCUT2D eigenvalue weighted by atomic mass is 9.76. The van der Waals surface area contributed by atoms with Gasteiger partial charge in [0.25, 0.3) is 5.91 Å². The molecule has 0 radical (unpaired) electrons. The van der Waals surface area contributed by atoms with Gasteiger partial charge in [-0.15, -0.1) is 0 Å². The Balaban J connectivity index is 2.11. The molecular weight excluding hydrogens is 227 g/mol. The number of aromatic nitrogens is 1. The van der Waals surface area contributed by atoms with E-state index in [4.69, 9.17) is 5.11 Å². The number of amides is 1. The summed E-state index contributed by atoms with van der Waals surface area (Å²) >= 11 is 0. The number of carbonyl (C=O) groups excluding carboxylic acids is 1. The van der Waals surface area contributed by atoms with Crippen LogP contribution in [0, 0.1) is 5.82 Å². The van der Waals surface area contributed by atoms with E-state index in [1.54, 1.807) is 0 Å². The maximum Gasteiger partial charge on any atom is 0.329 e. The van der Waals surface area contributed by atoms with Crippen LogP contribution in [0.4, 0.5) is 4.39 Å². The molecule has 1 aliphatic rings. The number of halogens is 1. The average Bonchev–Trinajstić information content (AvgIpc) is 2.23. The van der Waals surface area contributed by atoms with Gasteiger partial charge >= 0.3 is 5.97 Å². The number of pyridine rings is 1. The van der Waals surface area contributed by atoms with E-state index in [2.05, 4.69) is 10.3 Å². The van der Waals surface area contributed by atoms with Gasteiger partial charge in [-0.2, -0.15) is 0 Å². The van der Waals surface area contributed by atoms with E-state index in [0.29, 0.717) is 12.8 Å². The van der Waals surface area contributed by atoms with Gasteiger partial charge in [0.15, 0.2) is 0 Å². The Morgan fingerprint density at radius 2 is 2.12 bits per heavy atom. The van der Waals surface area contributed by atoms with E-state index in [1.165, 1.54) is 6.07 Å². The van der Waals surface area contributed by atoms with Gasteiger partial charge in [0.1, 0.15) is 17.1 Å². The van der Waals surface area contributed by atoms with Gasteiger partial charge in [0.05, 0.1) is 6.20 Å². The lowest BCUT2D eigenvalue weighted by Gasteiger charge is -2.38. The Labute approximate surface area is 96.7 Å². The molecule has 1 aromatic rings. The SMILES string of the molecule is O=C(NC1(C(=O)O)CCC1)c1ccc(F)cn1. The summed E-state index contributed by atoms with van der Waals surface area (Å²) < 4.78 is 12.6. The molecule has 1 aliphatic carbocycles. The monoisotopic (exact) mass is 238 g/mol. The minimum absolute atomic E-state index is 0.0129. The third-order valence-electron chi connectivity index (χ3n) is 2.93. The van der Waals surface area contributed by atoms with Crippen LogP contribution in [0.15, 0.2) is 18.3 Å². The Morgan fingerprint density at radius 3 is 2.53 bits per heavy atom. The second-order valence-electron chi connectivity index (χ2n) is 4.06. The fourth-order valence-corrected chi connectivity index (χ4v) is 1.71. The fraction of sp³-hybridized carbons (Fsp3) is 0.364. The molecule has 1 saturated carbocycles. The maximum absolute atomic E-state index is 12.6. The number of rotatable bonds is 3. The maximum atomic E-state index is 12.6. The lowest BCUT2D eigenvalue weighted by molar-refractivity contribution is -0.148. The van der Waals surface area contributed by atoms with Crippen molar-refractivity contribution in [1.82, 2.24) is 10.3 Å². The largest absolute Gasteiger partial charge is 0.480 e. The molecule has 0 aliphatic heterocycles. The molecule has 17 heavy (non-hydrogen) atoms. The zero-order valence-corrected chi connectivity index (χ0v) is 8.94. The Hall–Kier alpha value is -1.98. The van der Waals surface area contributed by atoms with E-state index in [0.717, 1.165) is 18.7 Å². The summed E-state index contributed by atoms with van der Waals surface area (Å²) in [5, 5.41) is 11.5. The number of carboxylic acid groups (broad SMARTS) is 1. The topological polar surface area (TPSA) is 79.3 Å². The van der Waals surface area contributed by atoms with E-state index >= 15 is 0 Å². The van der Waals surface area contributed by atoms with Crippen molar-refractivity contribution in [3.63, 3.8) is 0 Å². The van der Waals surface area contributed by atoms with Crippen LogP contribution in [0.3, 0.4) is 0 Å². The summed E-state index contributed by atoms with van der Waals surface area (Å²) in [7, 11) is 0. The number of hydrogen-bond donors (Lipinski definition) is 2. The third-order valence-corrected chi connectivity index (χ3v) is 2.93. The van der Waals surface area contributed by atoms with Crippen molar-refractivity contribution in [2.45, 2.75) is 24.8 Å². The minimum Gasteiger partial charge on any atom is -0.480 e. The smallest absolute Gasteiger partial charge is 0.329 e. The molecule has 90 valence electrons. The Morgan fingerprint density at radius 1 is 1.41 bits per heavy atom. The predicted molar refractivity (Wildman–Crippen MR) is 55.9 cm³/mol. The van der Waals surface area contributed by atoms with Crippen LogP contribution in [-0.4, -0.2) is 27.5 Å². The van der Waals surface area contributed by atoms with Gasteiger partial charge in [-0.1, -0.05) is 0 Å². The molecule has 2 N–H and O–H groups in total. The summed E-state index contributed by atoms with van der Waals surface area (Å²) in [4.78, 5) is 26.3. The van der Waals surface area contributed by atoms with Crippen molar-refractivity contribution >= 4 is 11.9 Å². The average molecular weight is 238 g/mol. The van der Waals surface area contributed by atoms with Gasteiger partial charge < -0.3 is 10.4 Å². The number of aliphatic carboxylic acids is 1. The molecule has 1 amide bonds. The molecule has 0 saturated heterocycles. The summed E-state index contributed by atoms with van der Waals surface area (Å²) in [5.74, 6) is -2.18. The first-order chi connectivity index (χ1) is 8.03. The highest BCUT2D eigenvalue weighted by molar-refractivity contribution is 5.96. The molecule has 6 heteroatoms. The van der Waals surface area contributed by atoms with Gasteiger partial charge in [-0.25, -0.2) is 14.2 Å². The summed E-state index contributed by atoms with van der Waals surface area (Å²) in [5.41, 5.74) is -1.16. The zero-order valence-electron chi connectivity index (χ0n) is 8.94. The van der Waals surface area contributed by atoms with E-state index in [9.17, 15) is 14.0 Å². The molecule has 5 nitrogen and oxygen atoms in total. The Kier molecular flexibility index (Phi) is 2.79. The first-order valence-corrected chi connectivity index (χ1v) is 5.21. The molecule has 2 rings (SSSR count). The number of carbonyl (C=O) groups is 2. The summed E-state index contributed by atoms with van der Waals surface area (Å²) in [6, 6.07) is 2.33.